The van der Waals surface area contributed by atoms with E-state index in [0.717, 1.165) is 31.5 Å². The average molecular weight is 236 g/mol. The van der Waals surface area contributed by atoms with Crippen molar-refractivity contribution in [2.24, 2.45) is 11.8 Å². The summed E-state index contributed by atoms with van der Waals surface area (Å²) in [6.07, 6.45) is 10.8. The van der Waals surface area contributed by atoms with Crippen LogP contribution in [0.15, 0.2) is 0 Å². The van der Waals surface area contributed by atoms with Crippen LogP contribution in [-0.4, -0.2) is 37.6 Å². The zero-order valence-electron chi connectivity index (χ0n) is 11.5. The lowest BCUT2D eigenvalue weighted by atomic mass is 10.2. The fraction of sp³-hybridized carbons (Fsp3) is 0.867. The van der Waals surface area contributed by atoms with E-state index < -0.39 is 0 Å². The van der Waals surface area contributed by atoms with E-state index in [9.17, 15) is 0 Å². The lowest BCUT2D eigenvalue weighted by molar-refractivity contribution is 0.287. The lowest BCUT2D eigenvalue weighted by Gasteiger charge is -2.19. The van der Waals surface area contributed by atoms with Crippen molar-refractivity contribution in [1.29, 1.82) is 0 Å². The summed E-state index contributed by atoms with van der Waals surface area (Å²) in [5.41, 5.74) is 0. The number of terminal acetylenes is 1. The maximum absolute atomic E-state index is 5.41. The quantitative estimate of drug-likeness (QED) is 0.463. The first-order valence-corrected chi connectivity index (χ1v) is 7.09. The molecule has 1 saturated carbocycles. The third-order valence-corrected chi connectivity index (χ3v) is 3.16. The van der Waals surface area contributed by atoms with E-state index >= 15 is 0 Å². The van der Waals surface area contributed by atoms with Crippen molar-refractivity contribution in [2.75, 3.05) is 32.7 Å². The van der Waals surface area contributed by atoms with Gasteiger partial charge in [-0.2, -0.15) is 0 Å². The van der Waals surface area contributed by atoms with Crippen LogP contribution in [0.5, 0.6) is 0 Å². The summed E-state index contributed by atoms with van der Waals surface area (Å²) in [5, 5.41) is 3.48. The van der Waals surface area contributed by atoms with Crippen molar-refractivity contribution in [1.82, 2.24) is 10.2 Å². The second-order valence-corrected chi connectivity index (χ2v) is 5.69. The van der Waals surface area contributed by atoms with Crippen LogP contribution in [0.25, 0.3) is 0 Å². The highest BCUT2D eigenvalue weighted by atomic mass is 15.1. The van der Waals surface area contributed by atoms with Crippen LogP contribution in [0, 0.1) is 24.2 Å². The highest BCUT2D eigenvalue weighted by Gasteiger charge is 2.23. The number of hydrogen-bond donors (Lipinski definition) is 1. The Morgan fingerprint density at radius 2 is 2.12 bits per heavy atom. The summed E-state index contributed by atoms with van der Waals surface area (Å²) in [6.45, 7) is 10.00. The maximum Gasteiger partial charge on any atom is 0.0599 e. The van der Waals surface area contributed by atoms with Gasteiger partial charge in [0.05, 0.1) is 6.54 Å². The third-order valence-electron chi connectivity index (χ3n) is 3.16. The van der Waals surface area contributed by atoms with Crippen LogP contribution in [-0.2, 0) is 0 Å². The van der Waals surface area contributed by atoms with Crippen LogP contribution in [0.4, 0.5) is 0 Å². The number of nitrogens with one attached hydrogen (secondary N) is 1. The molecule has 0 bridgehead atoms. The molecule has 0 amide bonds. The molecule has 0 aromatic rings. The Morgan fingerprint density at radius 1 is 1.35 bits per heavy atom. The number of nitrogens with zero attached hydrogens (tertiary/aromatic N) is 1. The van der Waals surface area contributed by atoms with Gasteiger partial charge in [0.2, 0.25) is 0 Å². The fourth-order valence-corrected chi connectivity index (χ4v) is 2.01. The summed E-state index contributed by atoms with van der Waals surface area (Å²) in [5.74, 6) is 4.48. The molecule has 1 fully saturated rings. The molecular weight excluding hydrogens is 208 g/mol. The second kappa shape index (κ2) is 8.55. The monoisotopic (exact) mass is 236 g/mol. The minimum atomic E-state index is 0.753. The van der Waals surface area contributed by atoms with Gasteiger partial charge in [0, 0.05) is 6.54 Å². The second-order valence-electron chi connectivity index (χ2n) is 5.69. The molecule has 0 heterocycles. The Bertz CT molecular complexity index is 226. The summed E-state index contributed by atoms with van der Waals surface area (Å²) in [6, 6.07) is 0. The summed E-state index contributed by atoms with van der Waals surface area (Å²) in [4.78, 5) is 2.44. The largest absolute Gasteiger partial charge is 0.316 e. The molecule has 0 aliphatic heterocycles. The number of rotatable bonds is 10. The van der Waals surface area contributed by atoms with Crippen LogP contribution >= 0.6 is 0 Å². The highest BCUT2D eigenvalue weighted by molar-refractivity contribution is 4.90. The van der Waals surface area contributed by atoms with E-state index in [-0.39, 0.29) is 0 Å². The average Bonchev–Trinajstić information content (AvgIpc) is 3.06. The summed E-state index contributed by atoms with van der Waals surface area (Å²) in [7, 11) is 0. The Kier molecular flexibility index (Phi) is 7.32. The predicted molar refractivity (Wildman–Crippen MR) is 74.9 cm³/mol. The number of unbranched alkanes of at least 4 members (excludes halogenated alkanes) is 1. The van der Waals surface area contributed by atoms with E-state index in [4.69, 9.17) is 6.42 Å². The smallest absolute Gasteiger partial charge is 0.0599 e. The molecule has 98 valence electrons. The standard InChI is InChI=1S/C15H28N2/c1-4-10-17(13-15-7-8-15)11-6-5-9-16-12-14(2)3/h1,14-16H,5-13H2,2-3H3. The van der Waals surface area contributed by atoms with Crippen LogP contribution in [0.2, 0.25) is 0 Å². The lowest BCUT2D eigenvalue weighted by Crippen LogP contribution is -2.28. The maximum atomic E-state index is 5.41. The normalized spacial score (nSPS) is 15.5. The molecule has 17 heavy (non-hydrogen) atoms. The Morgan fingerprint density at radius 3 is 2.71 bits per heavy atom. The fourth-order valence-electron chi connectivity index (χ4n) is 2.01. The Hall–Kier alpha value is -0.520. The van der Waals surface area contributed by atoms with Gasteiger partial charge >= 0.3 is 0 Å². The van der Waals surface area contributed by atoms with Crippen molar-refractivity contribution in [3.8, 4) is 12.3 Å². The molecule has 2 heteroatoms. The van der Waals surface area contributed by atoms with Crippen molar-refractivity contribution in [2.45, 2.75) is 39.5 Å². The molecular formula is C15H28N2. The van der Waals surface area contributed by atoms with Gasteiger partial charge < -0.3 is 5.32 Å². The zero-order valence-corrected chi connectivity index (χ0v) is 11.5. The van der Waals surface area contributed by atoms with E-state index in [1.165, 1.54) is 38.8 Å². The molecule has 0 atom stereocenters. The van der Waals surface area contributed by atoms with Crippen molar-refractivity contribution >= 4 is 0 Å². The molecule has 1 N–H and O–H groups in total. The molecule has 0 spiro atoms. The molecule has 1 aliphatic carbocycles. The summed E-state index contributed by atoms with van der Waals surface area (Å²) >= 11 is 0. The number of hydrogen-bond acceptors (Lipinski definition) is 2. The SMILES string of the molecule is C#CCN(CCCCNCC(C)C)CC1CC1. The van der Waals surface area contributed by atoms with Gasteiger partial charge in [-0.1, -0.05) is 19.8 Å². The van der Waals surface area contributed by atoms with E-state index in [0.29, 0.717) is 0 Å². The van der Waals surface area contributed by atoms with Gasteiger partial charge in [-0.3, -0.25) is 4.90 Å². The Labute approximate surface area is 107 Å². The van der Waals surface area contributed by atoms with Gasteiger partial charge in [0.1, 0.15) is 0 Å². The molecule has 0 aromatic heterocycles. The van der Waals surface area contributed by atoms with Gasteiger partial charge in [-0.15, -0.1) is 6.42 Å². The van der Waals surface area contributed by atoms with E-state index in [2.05, 4.69) is 30.0 Å². The Balaban J connectivity index is 1.96. The van der Waals surface area contributed by atoms with E-state index in [1.807, 2.05) is 0 Å². The van der Waals surface area contributed by atoms with Crippen LogP contribution in [0.3, 0.4) is 0 Å². The summed E-state index contributed by atoms with van der Waals surface area (Å²) < 4.78 is 0. The minimum Gasteiger partial charge on any atom is -0.316 e. The van der Waals surface area contributed by atoms with Gasteiger partial charge in [0.25, 0.3) is 0 Å². The van der Waals surface area contributed by atoms with E-state index in [1.54, 1.807) is 0 Å². The van der Waals surface area contributed by atoms with Gasteiger partial charge in [-0.25, -0.2) is 0 Å². The first kappa shape index (κ1) is 14.5. The van der Waals surface area contributed by atoms with Gasteiger partial charge in [-0.05, 0) is 57.2 Å². The highest BCUT2D eigenvalue weighted by Crippen LogP contribution is 2.29. The van der Waals surface area contributed by atoms with Crippen LogP contribution in [0.1, 0.15) is 39.5 Å². The molecule has 0 unspecified atom stereocenters. The molecule has 2 nitrogen and oxygen atoms in total. The van der Waals surface area contributed by atoms with Crippen molar-refractivity contribution < 1.29 is 0 Å². The third kappa shape index (κ3) is 8.24. The zero-order chi connectivity index (χ0) is 12.5. The topological polar surface area (TPSA) is 15.3 Å². The van der Waals surface area contributed by atoms with Crippen molar-refractivity contribution in [3.05, 3.63) is 0 Å². The van der Waals surface area contributed by atoms with Gasteiger partial charge in [0.15, 0.2) is 0 Å². The molecule has 1 aliphatic rings. The molecule has 0 aromatic carbocycles. The van der Waals surface area contributed by atoms with Crippen molar-refractivity contribution in [3.63, 3.8) is 0 Å². The predicted octanol–water partition coefficient (Wildman–Crippen LogP) is 2.36. The first-order valence-electron chi connectivity index (χ1n) is 7.09. The first-order chi connectivity index (χ1) is 8.22. The molecule has 0 radical (unpaired) electrons. The van der Waals surface area contributed by atoms with Crippen LogP contribution < -0.4 is 5.32 Å². The minimum absolute atomic E-state index is 0.753. The molecule has 1 rings (SSSR count). The molecule has 0 saturated heterocycles.